The molecule has 0 aliphatic heterocycles. The average Bonchev–Trinajstić information content (AvgIpc) is 3.44. The number of fused-ring (bicyclic) bond motifs is 1. The molecule has 0 atom stereocenters. The van der Waals surface area contributed by atoms with E-state index in [0.29, 0.717) is 23.2 Å². The molecule has 37 heavy (non-hydrogen) atoms. The first kappa shape index (κ1) is 24.1. The maximum Gasteiger partial charge on any atom is 0.274 e. The summed E-state index contributed by atoms with van der Waals surface area (Å²) < 4.78 is 3.61. The van der Waals surface area contributed by atoms with Crippen molar-refractivity contribution in [3.05, 3.63) is 76.6 Å². The number of benzene rings is 1. The minimum absolute atomic E-state index is 0.163. The second-order valence-corrected chi connectivity index (χ2v) is 11.6. The number of carbonyl (C=O) groups excluding carboxylic acids is 1. The number of hydrogen-bond donors (Lipinski definition) is 2. The van der Waals surface area contributed by atoms with Crippen molar-refractivity contribution < 1.29 is 4.79 Å². The molecule has 3 aromatic heterocycles. The summed E-state index contributed by atoms with van der Waals surface area (Å²) in [7, 11) is 1.99. The van der Waals surface area contributed by atoms with Crippen LogP contribution in [0.3, 0.4) is 0 Å². The summed E-state index contributed by atoms with van der Waals surface area (Å²) >= 11 is 6.43. The topological polar surface area (TPSA) is 89.1 Å². The molecule has 0 saturated heterocycles. The lowest BCUT2D eigenvalue weighted by molar-refractivity contribution is 0.101. The molecule has 1 aromatic carbocycles. The van der Waals surface area contributed by atoms with Gasteiger partial charge in [-0.15, -0.1) is 10.2 Å². The summed E-state index contributed by atoms with van der Waals surface area (Å²) in [5.74, 6) is 1.34. The summed E-state index contributed by atoms with van der Waals surface area (Å²) in [5, 5.41) is 20.2. The van der Waals surface area contributed by atoms with Crippen molar-refractivity contribution in [2.75, 3.05) is 5.32 Å². The first-order chi connectivity index (χ1) is 17.8. The third kappa shape index (κ3) is 4.22. The normalized spacial score (nSPS) is 22.4. The molecule has 0 spiro atoms. The molecule has 2 fully saturated rings. The average molecular weight is 518 g/mol. The second-order valence-electron chi connectivity index (χ2n) is 11.2. The Morgan fingerprint density at radius 2 is 2.03 bits per heavy atom. The predicted molar refractivity (Wildman–Crippen MR) is 144 cm³/mol. The number of hydrogen-bond acceptors (Lipinski definition) is 5. The summed E-state index contributed by atoms with van der Waals surface area (Å²) in [6.45, 7) is 5.18. The number of halogens is 1. The molecule has 0 bridgehead atoms. The lowest BCUT2D eigenvalue weighted by Gasteiger charge is -2.46. The number of aromatic nitrogens is 5. The standard InChI is InChI=1S/C28H32ClN7O/c1-18-13-28(14-18,26-34-31-17-35(26)3)20-6-4-7-21(12-20)33-25(37)24-11-19(15-30-27(2)8-5-9-27)10-23-22(29)16-32-36(23)24/h4,6-7,10-12,16-18,30H,5,8-9,13-15H2,1-3H3,(H,33,37). The van der Waals surface area contributed by atoms with E-state index in [4.69, 9.17) is 11.6 Å². The predicted octanol–water partition coefficient (Wildman–Crippen LogP) is 5.12. The highest BCUT2D eigenvalue weighted by Gasteiger charge is 2.48. The van der Waals surface area contributed by atoms with E-state index in [1.54, 1.807) is 17.0 Å². The van der Waals surface area contributed by atoms with Gasteiger partial charge in [0.05, 0.1) is 22.2 Å². The van der Waals surface area contributed by atoms with Crippen LogP contribution in [0.5, 0.6) is 0 Å². The van der Waals surface area contributed by atoms with Crippen molar-refractivity contribution >= 4 is 28.7 Å². The number of carbonyl (C=O) groups is 1. The van der Waals surface area contributed by atoms with Crippen LogP contribution in [-0.2, 0) is 19.0 Å². The van der Waals surface area contributed by atoms with E-state index in [9.17, 15) is 4.79 Å². The lowest BCUT2D eigenvalue weighted by atomic mass is 9.58. The Labute approximate surface area is 221 Å². The first-order valence-electron chi connectivity index (χ1n) is 12.9. The number of nitrogens with zero attached hydrogens (tertiary/aromatic N) is 5. The van der Waals surface area contributed by atoms with Gasteiger partial charge < -0.3 is 15.2 Å². The van der Waals surface area contributed by atoms with Crippen LogP contribution in [0.1, 0.15) is 73.4 Å². The van der Waals surface area contributed by atoms with Gasteiger partial charge in [-0.2, -0.15) is 5.10 Å². The molecule has 9 heteroatoms. The number of pyridine rings is 1. The van der Waals surface area contributed by atoms with Crippen LogP contribution in [0.2, 0.25) is 5.02 Å². The smallest absolute Gasteiger partial charge is 0.274 e. The van der Waals surface area contributed by atoms with E-state index in [1.165, 1.54) is 19.3 Å². The third-order valence-electron chi connectivity index (χ3n) is 8.25. The Balaban J connectivity index is 1.29. The monoisotopic (exact) mass is 517 g/mol. The Kier molecular flexibility index (Phi) is 5.84. The molecule has 3 heterocycles. The van der Waals surface area contributed by atoms with Gasteiger partial charge in [-0.05, 0) is 80.3 Å². The van der Waals surface area contributed by atoms with Crippen molar-refractivity contribution in [1.82, 2.24) is 29.7 Å². The van der Waals surface area contributed by atoms with Gasteiger partial charge in [0, 0.05) is 24.8 Å². The Morgan fingerprint density at radius 1 is 1.22 bits per heavy atom. The molecular formula is C28H32ClN7O. The van der Waals surface area contributed by atoms with Crippen molar-refractivity contribution in [3.63, 3.8) is 0 Å². The molecule has 1 amide bonds. The van der Waals surface area contributed by atoms with E-state index in [0.717, 1.165) is 41.0 Å². The quantitative estimate of drug-likeness (QED) is 0.355. The fourth-order valence-corrected chi connectivity index (χ4v) is 6.24. The van der Waals surface area contributed by atoms with E-state index in [2.05, 4.69) is 51.9 Å². The Hall–Kier alpha value is -3.23. The van der Waals surface area contributed by atoms with Gasteiger partial charge in [-0.1, -0.05) is 30.7 Å². The van der Waals surface area contributed by atoms with Crippen LogP contribution in [0.25, 0.3) is 5.52 Å². The van der Waals surface area contributed by atoms with Gasteiger partial charge in [-0.3, -0.25) is 4.79 Å². The van der Waals surface area contributed by atoms with Gasteiger partial charge in [0.15, 0.2) is 0 Å². The van der Waals surface area contributed by atoms with Gasteiger partial charge >= 0.3 is 0 Å². The van der Waals surface area contributed by atoms with Crippen LogP contribution < -0.4 is 10.6 Å². The molecule has 2 aliphatic rings. The number of nitrogens with one attached hydrogen (secondary N) is 2. The zero-order valence-electron chi connectivity index (χ0n) is 21.5. The fourth-order valence-electron chi connectivity index (χ4n) is 6.06. The SMILES string of the molecule is CC1CC(c2cccc(NC(=O)c3cc(CNC4(C)CCC4)cc4c(Cl)cnn34)c2)(c2nncn2C)C1. The number of aryl methyl sites for hydroxylation is 1. The fraction of sp³-hybridized carbons (Fsp3) is 0.429. The maximum absolute atomic E-state index is 13.6. The lowest BCUT2D eigenvalue weighted by Crippen LogP contribution is -2.47. The molecule has 4 aromatic rings. The molecule has 192 valence electrons. The molecule has 2 saturated carbocycles. The molecule has 6 rings (SSSR count). The van der Waals surface area contributed by atoms with Crippen molar-refractivity contribution in [3.8, 4) is 0 Å². The minimum atomic E-state index is -0.228. The second kappa shape index (κ2) is 8.96. The summed E-state index contributed by atoms with van der Waals surface area (Å²) in [4.78, 5) is 13.6. The molecule has 0 unspecified atom stereocenters. The van der Waals surface area contributed by atoms with Crippen LogP contribution in [0, 0.1) is 5.92 Å². The molecule has 2 N–H and O–H groups in total. The zero-order valence-corrected chi connectivity index (χ0v) is 22.2. The largest absolute Gasteiger partial charge is 0.321 e. The highest BCUT2D eigenvalue weighted by atomic mass is 35.5. The molecule has 8 nitrogen and oxygen atoms in total. The van der Waals surface area contributed by atoms with E-state index >= 15 is 0 Å². The van der Waals surface area contributed by atoms with Crippen molar-refractivity contribution in [1.29, 1.82) is 0 Å². The van der Waals surface area contributed by atoms with Crippen LogP contribution in [-0.4, -0.2) is 35.8 Å². The summed E-state index contributed by atoms with van der Waals surface area (Å²) in [6, 6.07) is 12.0. The van der Waals surface area contributed by atoms with Crippen molar-refractivity contribution in [2.45, 2.75) is 63.5 Å². The van der Waals surface area contributed by atoms with E-state index < -0.39 is 0 Å². The molecule has 0 radical (unpaired) electrons. The van der Waals surface area contributed by atoms with Gasteiger partial charge in [0.2, 0.25) is 0 Å². The van der Waals surface area contributed by atoms with E-state index in [-0.39, 0.29) is 16.9 Å². The first-order valence-corrected chi connectivity index (χ1v) is 13.3. The molecule has 2 aliphatic carbocycles. The van der Waals surface area contributed by atoms with Gasteiger partial charge in [-0.25, -0.2) is 4.52 Å². The third-order valence-corrected chi connectivity index (χ3v) is 8.54. The Bertz CT molecular complexity index is 1480. The zero-order chi connectivity index (χ0) is 25.8. The van der Waals surface area contributed by atoms with Gasteiger partial charge in [0.1, 0.15) is 17.8 Å². The Morgan fingerprint density at radius 3 is 2.70 bits per heavy atom. The highest BCUT2D eigenvalue weighted by molar-refractivity contribution is 6.33. The van der Waals surface area contributed by atoms with Crippen LogP contribution in [0.4, 0.5) is 5.69 Å². The van der Waals surface area contributed by atoms with Crippen LogP contribution >= 0.6 is 11.6 Å². The maximum atomic E-state index is 13.6. The van der Waals surface area contributed by atoms with Crippen molar-refractivity contribution in [2.24, 2.45) is 13.0 Å². The highest BCUT2D eigenvalue weighted by Crippen LogP contribution is 2.51. The summed E-state index contributed by atoms with van der Waals surface area (Å²) in [5.41, 5.74) is 4.02. The molecular weight excluding hydrogens is 486 g/mol. The van der Waals surface area contributed by atoms with Gasteiger partial charge in [0.25, 0.3) is 5.91 Å². The number of anilines is 1. The van der Waals surface area contributed by atoms with Crippen LogP contribution in [0.15, 0.2) is 48.9 Å². The minimum Gasteiger partial charge on any atom is -0.321 e. The number of amides is 1. The number of rotatable bonds is 7. The summed E-state index contributed by atoms with van der Waals surface area (Å²) in [6.07, 6.45) is 8.91. The van der Waals surface area contributed by atoms with E-state index in [1.807, 2.05) is 35.9 Å².